The molecule has 0 aliphatic carbocycles. The topological polar surface area (TPSA) is 59.0 Å². The van der Waals surface area contributed by atoms with Gasteiger partial charge in [0.25, 0.3) is 0 Å². The molecule has 1 aliphatic rings. The Balaban J connectivity index is 0.00000208. The molecule has 0 saturated carbocycles. The normalized spacial score (nSPS) is 16.9. The van der Waals surface area contributed by atoms with Crippen LogP contribution in [0.25, 0.3) is 5.69 Å². The van der Waals surface area contributed by atoms with Crippen molar-refractivity contribution in [3.8, 4) is 5.69 Å². The lowest BCUT2D eigenvalue weighted by Gasteiger charge is -2.10. The lowest BCUT2D eigenvalue weighted by atomic mass is 10.1. The molecule has 0 bridgehead atoms. The van der Waals surface area contributed by atoms with E-state index in [0.29, 0.717) is 12.5 Å². The summed E-state index contributed by atoms with van der Waals surface area (Å²) in [4.78, 5) is 12.2. The third-order valence-corrected chi connectivity index (χ3v) is 4.27. The molecular weight excluding hydrogens is 324 g/mol. The van der Waals surface area contributed by atoms with Gasteiger partial charge in [0, 0.05) is 24.8 Å². The number of aromatic nitrogens is 2. The summed E-state index contributed by atoms with van der Waals surface area (Å²) in [6.07, 6.45) is 2.95. The van der Waals surface area contributed by atoms with Crippen LogP contribution in [0.1, 0.15) is 37.4 Å². The van der Waals surface area contributed by atoms with Crippen molar-refractivity contribution in [3.63, 3.8) is 0 Å². The van der Waals surface area contributed by atoms with Crippen LogP contribution in [0.5, 0.6) is 0 Å². The Bertz CT molecular complexity index is 663. The maximum absolute atomic E-state index is 12.2. The van der Waals surface area contributed by atoms with Gasteiger partial charge in [-0.05, 0) is 31.0 Å². The fraction of sp³-hybridized carbons (Fsp3) is 0.444. The van der Waals surface area contributed by atoms with E-state index in [4.69, 9.17) is 5.10 Å². The Morgan fingerprint density at radius 2 is 2.12 bits per heavy atom. The number of carbonyl (C=O) groups excluding carboxylic acids is 1. The molecule has 1 aromatic carbocycles. The van der Waals surface area contributed by atoms with Gasteiger partial charge in [-0.1, -0.05) is 32.0 Å². The number of amides is 1. The molecule has 1 aliphatic heterocycles. The number of carbonyl (C=O) groups is 1. The van der Waals surface area contributed by atoms with E-state index in [1.807, 2.05) is 41.2 Å². The largest absolute Gasteiger partial charge is 0.352 e. The van der Waals surface area contributed by atoms with Crippen LogP contribution in [0.3, 0.4) is 0 Å². The molecule has 0 radical (unpaired) electrons. The van der Waals surface area contributed by atoms with Crippen molar-refractivity contribution < 1.29 is 4.79 Å². The first-order chi connectivity index (χ1) is 11.1. The van der Waals surface area contributed by atoms with Gasteiger partial charge in [0.2, 0.25) is 5.91 Å². The summed E-state index contributed by atoms with van der Waals surface area (Å²) in [6.45, 7) is 6.51. The van der Waals surface area contributed by atoms with Gasteiger partial charge in [-0.15, -0.1) is 12.4 Å². The van der Waals surface area contributed by atoms with Gasteiger partial charge in [-0.2, -0.15) is 5.10 Å². The maximum Gasteiger partial charge on any atom is 0.224 e. The average molecular weight is 349 g/mol. The van der Waals surface area contributed by atoms with E-state index in [9.17, 15) is 4.79 Å². The summed E-state index contributed by atoms with van der Waals surface area (Å²) in [6, 6.07) is 10.1. The van der Waals surface area contributed by atoms with Gasteiger partial charge in [0.15, 0.2) is 0 Å². The predicted molar refractivity (Wildman–Crippen MR) is 97.7 cm³/mol. The lowest BCUT2D eigenvalue weighted by Crippen LogP contribution is -2.31. The molecule has 1 atom stereocenters. The second kappa shape index (κ2) is 8.31. The van der Waals surface area contributed by atoms with Crippen LogP contribution >= 0.6 is 12.4 Å². The van der Waals surface area contributed by atoms with E-state index in [2.05, 4.69) is 24.5 Å². The lowest BCUT2D eigenvalue weighted by molar-refractivity contribution is -0.124. The van der Waals surface area contributed by atoms with E-state index in [1.54, 1.807) is 0 Å². The SMILES string of the molecule is CC(C)c1nn(-c2ccccc2)cc1CNC(=O)C1CCNC1.Cl. The van der Waals surface area contributed by atoms with E-state index in [-0.39, 0.29) is 24.2 Å². The minimum absolute atomic E-state index is 0. The molecule has 1 aromatic heterocycles. The summed E-state index contributed by atoms with van der Waals surface area (Å²) in [7, 11) is 0. The van der Waals surface area contributed by atoms with Gasteiger partial charge in [0.1, 0.15) is 0 Å². The molecule has 2 N–H and O–H groups in total. The van der Waals surface area contributed by atoms with Crippen LogP contribution in [-0.2, 0) is 11.3 Å². The second-order valence-corrected chi connectivity index (χ2v) is 6.38. The van der Waals surface area contributed by atoms with Crippen molar-refractivity contribution >= 4 is 18.3 Å². The summed E-state index contributed by atoms with van der Waals surface area (Å²) >= 11 is 0. The van der Waals surface area contributed by atoms with Crippen molar-refractivity contribution in [2.45, 2.75) is 32.7 Å². The summed E-state index contributed by atoms with van der Waals surface area (Å²) in [5.74, 6) is 0.554. The molecule has 0 spiro atoms. The minimum atomic E-state index is 0. The Hall–Kier alpha value is -1.85. The number of benzene rings is 1. The Kier molecular flexibility index (Phi) is 6.40. The molecule has 24 heavy (non-hydrogen) atoms. The number of rotatable bonds is 5. The first-order valence-corrected chi connectivity index (χ1v) is 8.27. The molecule has 1 saturated heterocycles. The Labute approximate surface area is 149 Å². The predicted octanol–water partition coefficient (Wildman–Crippen LogP) is 2.64. The van der Waals surface area contributed by atoms with Crippen molar-refractivity contribution in [2.75, 3.05) is 13.1 Å². The number of nitrogens with zero attached hydrogens (tertiary/aromatic N) is 2. The van der Waals surface area contributed by atoms with Crippen molar-refractivity contribution in [3.05, 3.63) is 47.8 Å². The van der Waals surface area contributed by atoms with Gasteiger partial charge in [-0.3, -0.25) is 4.79 Å². The van der Waals surface area contributed by atoms with Crippen LogP contribution in [0, 0.1) is 5.92 Å². The number of hydrogen-bond donors (Lipinski definition) is 2. The van der Waals surface area contributed by atoms with Crippen molar-refractivity contribution in [2.24, 2.45) is 5.92 Å². The molecular formula is C18H25ClN4O. The third kappa shape index (κ3) is 4.16. The number of halogens is 1. The standard InChI is InChI=1S/C18H24N4O.ClH/c1-13(2)17-15(11-20-18(23)14-8-9-19-10-14)12-22(21-17)16-6-4-3-5-7-16;/h3-7,12-14,19H,8-11H2,1-2H3,(H,20,23);1H. The molecule has 2 heterocycles. The highest BCUT2D eigenvalue weighted by molar-refractivity contribution is 5.85. The molecule has 1 unspecified atom stereocenters. The van der Waals surface area contributed by atoms with Crippen LogP contribution in [0.4, 0.5) is 0 Å². The van der Waals surface area contributed by atoms with Crippen LogP contribution < -0.4 is 10.6 Å². The highest BCUT2D eigenvalue weighted by Gasteiger charge is 2.22. The molecule has 6 heteroatoms. The second-order valence-electron chi connectivity index (χ2n) is 6.38. The van der Waals surface area contributed by atoms with Gasteiger partial charge >= 0.3 is 0 Å². The smallest absolute Gasteiger partial charge is 0.224 e. The van der Waals surface area contributed by atoms with Gasteiger partial charge in [0.05, 0.1) is 17.3 Å². The number of hydrogen-bond acceptors (Lipinski definition) is 3. The Morgan fingerprint density at radius 1 is 1.38 bits per heavy atom. The van der Waals surface area contributed by atoms with Gasteiger partial charge < -0.3 is 10.6 Å². The number of nitrogens with one attached hydrogen (secondary N) is 2. The summed E-state index contributed by atoms with van der Waals surface area (Å²) in [5, 5.41) is 11.0. The van der Waals surface area contributed by atoms with Crippen molar-refractivity contribution in [1.29, 1.82) is 0 Å². The zero-order chi connectivity index (χ0) is 16.2. The van der Waals surface area contributed by atoms with Crippen LogP contribution in [0.15, 0.2) is 36.5 Å². The first-order valence-electron chi connectivity index (χ1n) is 8.27. The molecule has 1 fully saturated rings. The number of para-hydroxylation sites is 1. The highest BCUT2D eigenvalue weighted by Crippen LogP contribution is 2.20. The third-order valence-electron chi connectivity index (χ3n) is 4.27. The van der Waals surface area contributed by atoms with E-state index >= 15 is 0 Å². The van der Waals surface area contributed by atoms with Crippen molar-refractivity contribution in [1.82, 2.24) is 20.4 Å². The molecule has 2 aromatic rings. The molecule has 5 nitrogen and oxygen atoms in total. The molecule has 130 valence electrons. The van der Waals surface area contributed by atoms with Crippen LogP contribution in [0.2, 0.25) is 0 Å². The Morgan fingerprint density at radius 3 is 2.75 bits per heavy atom. The minimum Gasteiger partial charge on any atom is -0.352 e. The maximum atomic E-state index is 12.2. The van der Waals surface area contributed by atoms with Gasteiger partial charge in [-0.25, -0.2) is 4.68 Å². The zero-order valence-corrected chi connectivity index (χ0v) is 15.0. The van der Waals surface area contributed by atoms with E-state index in [0.717, 1.165) is 36.5 Å². The fourth-order valence-electron chi connectivity index (χ4n) is 2.96. The van der Waals surface area contributed by atoms with Crippen LogP contribution in [-0.4, -0.2) is 28.8 Å². The monoisotopic (exact) mass is 348 g/mol. The first kappa shape index (κ1) is 18.5. The fourth-order valence-corrected chi connectivity index (χ4v) is 2.96. The molecule has 1 amide bonds. The zero-order valence-electron chi connectivity index (χ0n) is 14.2. The van der Waals surface area contributed by atoms with E-state index < -0.39 is 0 Å². The highest BCUT2D eigenvalue weighted by atomic mass is 35.5. The quantitative estimate of drug-likeness (QED) is 0.873. The molecule has 3 rings (SSSR count). The average Bonchev–Trinajstić information content (AvgIpc) is 3.23. The summed E-state index contributed by atoms with van der Waals surface area (Å²) in [5.41, 5.74) is 3.16. The van der Waals surface area contributed by atoms with E-state index in [1.165, 1.54) is 0 Å². The summed E-state index contributed by atoms with van der Waals surface area (Å²) < 4.78 is 1.90.